The first-order valence-electron chi connectivity index (χ1n) is 5.13. The second kappa shape index (κ2) is 5.95. The summed E-state index contributed by atoms with van der Waals surface area (Å²) in [5.74, 6) is -0.941. The predicted molar refractivity (Wildman–Crippen MR) is 61.8 cm³/mol. The molecule has 18 heavy (non-hydrogen) atoms. The lowest BCUT2D eigenvalue weighted by Gasteiger charge is -2.12. The monoisotopic (exact) mass is 281 g/mol. The van der Waals surface area contributed by atoms with E-state index in [0.717, 1.165) is 12.1 Å². The van der Waals surface area contributed by atoms with Gasteiger partial charge in [0, 0.05) is 18.7 Å². The summed E-state index contributed by atoms with van der Waals surface area (Å²) >= 11 is 5.46. The number of aliphatic carboxylic acids is 1. The summed E-state index contributed by atoms with van der Waals surface area (Å²) in [7, 11) is 0. The Hall–Kier alpha value is -1.43. The van der Waals surface area contributed by atoms with E-state index < -0.39 is 17.7 Å². The molecule has 0 spiro atoms. The number of nitrogens with one attached hydrogen (secondary N) is 1. The molecule has 1 aromatic carbocycles. The second-order valence-corrected chi connectivity index (χ2v) is 4.02. The van der Waals surface area contributed by atoms with Crippen LogP contribution >= 0.6 is 11.6 Å². The van der Waals surface area contributed by atoms with Gasteiger partial charge < -0.3 is 10.4 Å². The highest BCUT2D eigenvalue weighted by molar-refractivity contribution is 6.31. The van der Waals surface area contributed by atoms with Crippen molar-refractivity contribution in [1.82, 2.24) is 0 Å². The van der Waals surface area contributed by atoms with E-state index in [1.807, 2.05) is 0 Å². The lowest BCUT2D eigenvalue weighted by molar-refractivity contribution is -0.138. The van der Waals surface area contributed by atoms with E-state index in [0.29, 0.717) is 6.42 Å². The molecular formula is C11H11ClF3NO2. The third kappa shape index (κ3) is 4.44. The Bertz CT molecular complexity index is 435. The van der Waals surface area contributed by atoms with Gasteiger partial charge >= 0.3 is 12.1 Å². The lowest BCUT2D eigenvalue weighted by atomic mass is 10.2. The highest BCUT2D eigenvalue weighted by Gasteiger charge is 2.33. The molecule has 100 valence electrons. The molecule has 0 atom stereocenters. The Balaban J connectivity index is 2.65. The van der Waals surface area contributed by atoms with Crippen LogP contribution in [0.15, 0.2) is 18.2 Å². The zero-order valence-electron chi connectivity index (χ0n) is 9.22. The van der Waals surface area contributed by atoms with Crippen LogP contribution in [0.5, 0.6) is 0 Å². The van der Waals surface area contributed by atoms with Crippen LogP contribution in [0, 0.1) is 0 Å². The van der Waals surface area contributed by atoms with Crippen LogP contribution in [-0.2, 0) is 11.0 Å². The van der Waals surface area contributed by atoms with E-state index >= 15 is 0 Å². The van der Waals surface area contributed by atoms with E-state index in [1.165, 1.54) is 6.07 Å². The zero-order chi connectivity index (χ0) is 13.8. The molecule has 0 radical (unpaired) electrons. The quantitative estimate of drug-likeness (QED) is 0.810. The molecule has 7 heteroatoms. The largest absolute Gasteiger partial charge is 0.481 e. The van der Waals surface area contributed by atoms with E-state index in [4.69, 9.17) is 16.7 Å². The Morgan fingerprint density at radius 3 is 2.61 bits per heavy atom. The Labute approximate surface area is 107 Å². The van der Waals surface area contributed by atoms with E-state index in [9.17, 15) is 18.0 Å². The van der Waals surface area contributed by atoms with Gasteiger partial charge in [0.25, 0.3) is 0 Å². The average molecular weight is 282 g/mol. The number of hydrogen-bond acceptors (Lipinski definition) is 2. The summed E-state index contributed by atoms with van der Waals surface area (Å²) in [5.41, 5.74) is -0.649. The number of hydrogen-bond donors (Lipinski definition) is 2. The number of alkyl halides is 3. The van der Waals surface area contributed by atoms with Crippen LogP contribution in [0.2, 0.25) is 5.02 Å². The summed E-state index contributed by atoms with van der Waals surface area (Å²) in [5, 5.41) is 10.8. The fourth-order valence-electron chi connectivity index (χ4n) is 1.32. The lowest BCUT2D eigenvalue weighted by Crippen LogP contribution is -2.09. The van der Waals surface area contributed by atoms with Crippen LogP contribution in [0.4, 0.5) is 18.9 Å². The minimum Gasteiger partial charge on any atom is -0.481 e. The number of benzene rings is 1. The van der Waals surface area contributed by atoms with Crippen molar-refractivity contribution in [3.05, 3.63) is 28.8 Å². The van der Waals surface area contributed by atoms with Crippen LogP contribution in [0.3, 0.4) is 0 Å². The number of rotatable bonds is 5. The van der Waals surface area contributed by atoms with Crippen molar-refractivity contribution in [2.45, 2.75) is 19.0 Å². The van der Waals surface area contributed by atoms with E-state index in [2.05, 4.69) is 5.32 Å². The molecule has 0 aliphatic carbocycles. The summed E-state index contributed by atoms with van der Waals surface area (Å²) in [4.78, 5) is 10.2. The molecule has 3 nitrogen and oxygen atoms in total. The van der Waals surface area contributed by atoms with E-state index in [-0.39, 0.29) is 23.7 Å². The van der Waals surface area contributed by atoms with Crippen molar-refractivity contribution in [3.63, 3.8) is 0 Å². The fraction of sp³-hybridized carbons (Fsp3) is 0.364. The first-order valence-corrected chi connectivity index (χ1v) is 5.51. The van der Waals surface area contributed by atoms with Crippen LogP contribution < -0.4 is 5.32 Å². The molecular weight excluding hydrogens is 271 g/mol. The van der Waals surface area contributed by atoms with Crippen LogP contribution in [-0.4, -0.2) is 17.6 Å². The number of halogens is 4. The zero-order valence-corrected chi connectivity index (χ0v) is 9.98. The highest BCUT2D eigenvalue weighted by Crippen LogP contribution is 2.36. The molecule has 0 aromatic heterocycles. The third-order valence-corrected chi connectivity index (χ3v) is 2.50. The normalized spacial score (nSPS) is 11.3. The summed E-state index contributed by atoms with van der Waals surface area (Å²) in [6.45, 7) is 0.283. The topological polar surface area (TPSA) is 49.3 Å². The first kappa shape index (κ1) is 14.6. The van der Waals surface area contributed by atoms with Gasteiger partial charge in [0.1, 0.15) is 0 Å². The fourth-order valence-corrected chi connectivity index (χ4v) is 1.55. The molecule has 2 N–H and O–H groups in total. The molecule has 0 amide bonds. The molecule has 1 rings (SSSR count). The van der Waals surface area contributed by atoms with Gasteiger partial charge in [-0.2, -0.15) is 13.2 Å². The Morgan fingerprint density at radius 1 is 1.39 bits per heavy atom. The second-order valence-electron chi connectivity index (χ2n) is 3.62. The van der Waals surface area contributed by atoms with Crippen molar-refractivity contribution in [2.75, 3.05) is 11.9 Å². The molecule has 0 heterocycles. The van der Waals surface area contributed by atoms with Gasteiger partial charge in [-0.15, -0.1) is 0 Å². The van der Waals surface area contributed by atoms with Crippen molar-refractivity contribution < 1.29 is 23.1 Å². The molecule has 1 aromatic rings. The summed E-state index contributed by atoms with van der Waals surface area (Å²) in [6.07, 6.45) is -4.21. The predicted octanol–water partition coefficient (Wildman–Crippen LogP) is 3.64. The SMILES string of the molecule is O=C(O)CCCNc1ccc(Cl)c(C(F)(F)F)c1. The molecule has 0 fully saturated rings. The molecule has 0 saturated carbocycles. The van der Waals surface area contributed by atoms with E-state index in [1.54, 1.807) is 0 Å². The van der Waals surface area contributed by atoms with Gasteiger partial charge in [0.05, 0.1) is 10.6 Å². The average Bonchev–Trinajstić information content (AvgIpc) is 2.24. The number of carboxylic acid groups (broad SMARTS) is 1. The number of carbonyl (C=O) groups is 1. The smallest absolute Gasteiger partial charge is 0.417 e. The molecule has 0 bridgehead atoms. The van der Waals surface area contributed by atoms with Gasteiger partial charge in [0.15, 0.2) is 0 Å². The van der Waals surface area contributed by atoms with Crippen molar-refractivity contribution in [1.29, 1.82) is 0 Å². The van der Waals surface area contributed by atoms with Crippen LogP contribution in [0.1, 0.15) is 18.4 Å². The maximum absolute atomic E-state index is 12.5. The van der Waals surface area contributed by atoms with Crippen LogP contribution in [0.25, 0.3) is 0 Å². The summed E-state index contributed by atoms with van der Waals surface area (Å²) < 4.78 is 37.6. The maximum atomic E-state index is 12.5. The minimum atomic E-state index is -4.50. The summed E-state index contributed by atoms with van der Waals surface area (Å²) in [6, 6.07) is 3.48. The van der Waals surface area contributed by atoms with Gasteiger partial charge in [-0.1, -0.05) is 11.6 Å². The standard InChI is InChI=1S/C11H11ClF3NO2/c12-9-4-3-7(6-8(9)11(13,14)15)16-5-1-2-10(17)18/h3-4,6,16H,1-2,5H2,(H,17,18). The van der Waals surface area contributed by atoms with Gasteiger partial charge in [-0.05, 0) is 24.6 Å². The maximum Gasteiger partial charge on any atom is 0.417 e. The Kier molecular flexibility index (Phi) is 4.84. The number of carboxylic acids is 1. The van der Waals surface area contributed by atoms with Crippen molar-refractivity contribution in [2.24, 2.45) is 0 Å². The van der Waals surface area contributed by atoms with Crippen molar-refractivity contribution >= 4 is 23.3 Å². The first-order chi connectivity index (χ1) is 8.30. The molecule has 0 saturated heterocycles. The molecule has 0 aliphatic rings. The molecule has 0 aliphatic heterocycles. The highest BCUT2D eigenvalue weighted by atomic mass is 35.5. The minimum absolute atomic E-state index is 0.0350. The molecule has 0 unspecified atom stereocenters. The van der Waals surface area contributed by atoms with Crippen molar-refractivity contribution in [3.8, 4) is 0 Å². The van der Waals surface area contributed by atoms with Gasteiger partial charge in [-0.25, -0.2) is 0 Å². The number of anilines is 1. The van der Waals surface area contributed by atoms with Gasteiger partial charge in [0.2, 0.25) is 0 Å². The third-order valence-electron chi connectivity index (χ3n) is 2.17. The Morgan fingerprint density at radius 2 is 2.06 bits per heavy atom. The van der Waals surface area contributed by atoms with Gasteiger partial charge in [-0.3, -0.25) is 4.79 Å².